The fraction of sp³-hybridized carbons (Fsp3) is 0.368. The number of nitrogens with one attached hydrogen (secondary N) is 1. The summed E-state index contributed by atoms with van der Waals surface area (Å²) in [6, 6.07) is 8.82. The second kappa shape index (κ2) is 8.77. The molecule has 3 rings (SSSR count). The van der Waals surface area contributed by atoms with Gasteiger partial charge >= 0.3 is 5.97 Å². The number of hydrogen-bond acceptors (Lipinski definition) is 6. The zero-order chi connectivity index (χ0) is 19.2. The van der Waals surface area contributed by atoms with E-state index in [4.69, 9.17) is 4.74 Å². The maximum absolute atomic E-state index is 12.5. The molecule has 0 bridgehead atoms. The lowest BCUT2D eigenvalue weighted by Gasteiger charge is -2.18. The van der Waals surface area contributed by atoms with Crippen LogP contribution in [-0.4, -0.2) is 36.4 Å². The van der Waals surface area contributed by atoms with Crippen LogP contribution < -0.4 is 10.2 Å². The normalized spacial score (nSPS) is 14.9. The van der Waals surface area contributed by atoms with E-state index in [2.05, 4.69) is 10.3 Å². The van der Waals surface area contributed by atoms with E-state index in [0.29, 0.717) is 23.8 Å². The van der Waals surface area contributed by atoms with E-state index in [1.165, 1.54) is 18.4 Å². The molecule has 0 saturated carbocycles. The highest BCUT2D eigenvalue weighted by Gasteiger charge is 2.25. The van der Waals surface area contributed by atoms with Gasteiger partial charge in [-0.2, -0.15) is 0 Å². The average molecular weight is 387 g/mol. The summed E-state index contributed by atoms with van der Waals surface area (Å²) in [5.74, 6) is -0.562. The lowest BCUT2D eigenvalue weighted by molar-refractivity contribution is -0.141. The molecule has 7 nitrogen and oxygen atoms in total. The van der Waals surface area contributed by atoms with Crippen LogP contribution in [0.15, 0.2) is 35.7 Å². The maximum Gasteiger partial charge on any atom is 0.307 e. The van der Waals surface area contributed by atoms with Crippen LogP contribution in [0.1, 0.15) is 36.6 Å². The highest BCUT2D eigenvalue weighted by molar-refractivity contribution is 7.14. The molecule has 0 radical (unpaired) electrons. The maximum atomic E-state index is 12.5. The highest BCUT2D eigenvalue weighted by Crippen LogP contribution is 2.25. The van der Waals surface area contributed by atoms with Crippen molar-refractivity contribution in [2.75, 3.05) is 18.6 Å². The van der Waals surface area contributed by atoms with Crippen LogP contribution >= 0.6 is 11.3 Å². The quantitative estimate of drug-likeness (QED) is 0.736. The van der Waals surface area contributed by atoms with Gasteiger partial charge in [-0.25, -0.2) is 4.98 Å². The summed E-state index contributed by atoms with van der Waals surface area (Å²) < 4.78 is 4.73. The SMILES string of the molecule is COC(=O)CC(NC(=O)Cc1csc(N2CCCC2=O)n1)c1ccccc1. The minimum absolute atomic E-state index is 0.0524. The zero-order valence-corrected chi connectivity index (χ0v) is 15.8. The Kier molecular flexibility index (Phi) is 6.18. The number of ether oxygens (including phenoxy) is 1. The van der Waals surface area contributed by atoms with Crippen LogP contribution in [0.25, 0.3) is 0 Å². The first-order valence-electron chi connectivity index (χ1n) is 8.72. The minimum Gasteiger partial charge on any atom is -0.469 e. The number of benzene rings is 1. The molecule has 1 aliphatic heterocycles. The van der Waals surface area contributed by atoms with Crippen LogP contribution in [0, 0.1) is 0 Å². The lowest BCUT2D eigenvalue weighted by Crippen LogP contribution is -2.31. The first-order valence-corrected chi connectivity index (χ1v) is 9.60. The molecule has 1 N–H and O–H groups in total. The summed E-state index contributed by atoms with van der Waals surface area (Å²) in [6.07, 6.45) is 1.52. The summed E-state index contributed by atoms with van der Waals surface area (Å²) in [5, 5.41) is 5.30. The number of anilines is 1. The van der Waals surface area contributed by atoms with E-state index in [-0.39, 0.29) is 24.7 Å². The number of methoxy groups -OCH3 is 1. The number of nitrogens with zero attached hydrogens (tertiary/aromatic N) is 2. The molecule has 1 fully saturated rings. The average Bonchev–Trinajstić information content (AvgIpc) is 3.30. The van der Waals surface area contributed by atoms with Crippen LogP contribution in [-0.2, 0) is 25.5 Å². The molecule has 2 heterocycles. The monoisotopic (exact) mass is 387 g/mol. The number of carbonyl (C=O) groups excluding carboxylic acids is 3. The third kappa shape index (κ3) is 4.91. The van der Waals surface area contributed by atoms with Crippen molar-refractivity contribution < 1.29 is 19.1 Å². The van der Waals surface area contributed by atoms with E-state index >= 15 is 0 Å². The van der Waals surface area contributed by atoms with E-state index < -0.39 is 12.0 Å². The van der Waals surface area contributed by atoms with Crippen molar-refractivity contribution in [2.45, 2.75) is 31.7 Å². The van der Waals surface area contributed by atoms with Gasteiger partial charge in [-0.05, 0) is 12.0 Å². The molecule has 0 spiro atoms. The molecule has 27 heavy (non-hydrogen) atoms. The molecular weight excluding hydrogens is 366 g/mol. The summed E-state index contributed by atoms with van der Waals surface area (Å²) in [5.41, 5.74) is 1.44. The van der Waals surface area contributed by atoms with Crippen molar-refractivity contribution >= 4 is 34.3 Å². The smallest absolute Gasteiger partial charge is 0.307 e. The van der Waals surface area contributed by atoms with Gasteiger partial charge in [0.05, 0.1) is 31.7 Å². The predicted molar refractivity (Wildman–Crippen MR) is 101 cm³/mol. The van der Waals surface area contributed by atoms with Crippen molar-refractivity contribution in [1.82, 2.24) is 10.3 Å². The molecule has 142 valence electrons. The van der Waals surface area contributed by atoms with Crippen LogP contribution in [0.2, 0.25) is 0 Å². The summed E-state index contributed by atoms with van der Waals surface area (Å²) in [4.78, 5) is 42.1. The van der Waals surface area contributed by atoms with Gasteiger partial charge in [0.25, 0.3) is 0 Å². The van der Waals surface area contributed by atoms with Gasteiger partial charge in [0.2, 0.25) is 11.8 Å². The first-order chi connectivity index (χ1) is 13.1. The van der Waals surface area contributed by atoms with Crippen molar-refractivity contribution in [2.24, 2.45) is 0 Å². The number of aromatic nitrogens is 1. The Labute approximate surface area is 161 Å². The third-order valence-corrected chi connectivity index (χ3v) is 5.23. The Morgan fingerprint density at radius 1 is 1.33 bits per heavy atom. The number of hydrogen-bond donors (Lipinski definition) is 1. The van der Waals surface area contributed by atoms with Gasteiger partial charge in [0.1, 0.15) is 0 Å². The molecule has 8 heteroatoms. The molecule has 1 atom stereocenters. The van der Waals surface area contributed by atoms with Crippen LogP contribution in [0.5, 0.6) is 0 Å². The van der Waals surface area contributed by atoms with Gasteiger partial charge in [-0.15, -0.1) is 11.3 Å². The molecule has 1 aromatic heterocycles. The Morgan fingerprint density at radius 2 is 2.11 bits per heavy atom. The molecule has 1 aromatic carbocycles. The molecular formula is C19H21N3O4S. The number of rotatable bonds is 7. The van der Waals surface area contributed by atoms with E-state index in [1.54, 1.807) is 10.3 Å². The van der Waals surface area contributed by atoms with Gasteiger partial charge in [0.15, 0.2) is 5.13 Å². The molecule has 0 aliphatic carbocycles. The zero-order valence-electron chi connectivity index (χ0n) is 15.0. The minimum atomic E-state index is -0.468. The fourth-order valence-electron chi connectivity index (χ4n) is 2.95. The summed E-state index contributed by atoms with van der Waals surface area (Å²) in [6.45, 7) is 0.674. The van der Waals surface area contributed by atoms with Crippen LogP contribution in [0.4, 0.5) is 5.13 Å². The van der Waals surface area contributed by atoms with Gasteiger partial charge in [0, 0.05) is 18.3 Å². The molecule has 2 aromatic rings. The van der Waals surface area contributed by atoms with Crippen molar-refractivity contribution in [3.63, 3.8) is 0 Å². The third-order valence-electron chi connectivity index (χ3n) is 4.32. The Hall–Kier alpha value is -2.74. The van der Waals surface area contributed by atoms with E-state index in [9.17, 15) is 14.4 Å². The standard InChI is InChI=1S/C19H21N3O4S/c1-26-18(25)11-15(13-6-3-2-4-7-13)21-16(23)10-14-12-27-19(20-14)22-9-5-8-17(22)24/h2-4,6-7,12,15H,5,8-11H2,1H3,(H,21,23). The molecule has 2 amide bonds. The summed E-state index contributed by atoms with van der Waals surface area (Å²) >= 11 is 1.36. The largest absolute Gasteiger partial charge is 0.469 e. The van der Waals surface area contributed by atoms with Gasteiger partial charge in [-0.1, -0.05) is 30.3 Å². The molecule has 1 saturated heterocycles. The van der Waals surface area contributed by atoms with E-state index in [0.717, 1.165) is 12.0 Å². The fourth-order valence-corrected chi connectivity index (χ4v) is 3.82. The second-order valence-electron chi connectivity index (χ2n) is 6.26. The number of carbonyl (C=O) groups is 3. The van der Waals surface area contributed by atoms with Crippen molar-refractivity contribution in [1.29, 1.82) is 0 Å². The van der Waals surface area contributed by atoms with Crippen molar-refractivity contribution in [3.8, 4) is 0 Å². The number of amides is 2. The highest BCUT2D eigenvalue weighted by atomic mass is 32.1. The Balaban J connectivity index is 1.64. The van der Waals surface area contributed by atoms with Gasteiger partial charge < -0.3 is 10.1 Å². The second-order valence-corrected chi connectivity index (χ2v) is 7.09. The van der Waals surface area contributed by atoms with Crippen LogP contribution in [0.3, 0.4) is 0 Å². The lowest BCUT2D eigenvalue weighted by atomic mass is 10.0. The van der Waals surface area contributed by atoms with Gasteiger partial charge in [-0.3, -0.25) is 19.3 Å². The Morgan fingerprint density at radius 3 is 2.78 bits per heavy atom. The predicted octanol–water partition coefficient (Wildman–Crippen LogP) is 2.23. The number of esters is 1. The van der Waals surface area contributed by atoms with Crippen molar-refractivity contribution in [3.05, 3.63) is 47.0 Å². The topological polar surface area (TPSA) is 88.6 Å². The molecule has 1 aliphatic rings. The van der Waals surface area contributed by atoms with E-state index in [1.807, 2.05) is 30.3 Å². The molecule has 1 unspecified atom stereocenters. The number of thiazole rings is 1. The Bertz CT molecular complexity index is 821. The summed E-state index contributed by atoms with van der Waals surface area (Å²) in [7, 11) is 1.32. The first kappa shape index (κ1) is 19.0.